The van der Waals surface area contributed by atoms with Crippen LogP contribution in [0.3, 0.4) is 0 Å². The first-order valence-corrected chi connectivity index (χ1v) is 6.87. The second kappa shape index (κ2) is 5.69. The SMILES string of the molecule is Cc1ccc(OCc2cccc(Br)c2)c(Br)c1. The summed E-state index contributed by atoms with van der Waals surface area (Å²) in [6.45, 7) is 2.63. The van der Waals surface area contributed by atoms with Gasteiger partial charge in [-0.2, -0.15) is 0 Å². The van der Waals surface area contributed by atoms with Crippen molar-refractivity contribution >= 4 is 31.9 Å². The smallest absolute Gasteiger partial charge is 0.134 e. The lowest BCUT2D eigenvalue weighted by Gasteiger charge is -2.09. The third-order valence-electron chi connectivity index (χ3n) is 2.37. The molecule has 0 N–H and O–H groups in total. The number of hydrogen-bond donors (Lipinski definition) is 0. The third-order valence-corrected chi connectivity index (χ3v) is 3.48. The molecule has 0 fully saturated rings. The van der Waals surface area contributed by atoms with Gasteiger partial charge in [-0.3, -0.25) is 0 Å². The predicted molar refractivity (Wildman–Crippen MR) is 77.4 cm³/mol. The van der Waals surface area contributed by atoms with Gasteiger partial charge in [0.15, 0.2) is 0 Å². The molecule has 0 bridgehead atoms. The van der Waals surface area contributed by atoms with Gasteiger partial charge in [-0.05, 0) is 58.2 Å². The van der Waals surface area contributed by atoms with Crippen molar-refractivity contribution in [1.82, 2.24) is 0 Å². The summed E-state index contributed by atoms with van der Waals surface area (Å²) in [6.07, 6.45) is 0. The minimum absolute atomic E-state index is 0.571. The first-order chi connectivity index (χ1) is 8.15. The fourth-order valence-electron chi connectivity index (χ4n) is 1.51. The largest absolute Gasteiger partial charge is 0.488 e. The fourth-order valence-corrected chi connectivity index (χ4v) is 2.57. The second-order valence-corrected chi connectivity index (χ2v) is 5.62. The maximum atomic E-state index is 5.77. The molecule has 0 heterocycles. The van der Waals surface area contributed by atoms with E-state index < -0.39 is 0 Å². The van der Waals surface area contributed by atoms with Gasteiger partial charge in [-0.15, -0.1) is 0 Å². The van der Waals surface area contributed by atoms with E-state index in [1.807, 2.05) is 30.3 Å². The van der Waals surface area contributed by atoms with Crippen LogP contribution in [0.4, 0.5) is 0 Å². The van der Waals surface area contributed by atoms with E-state index in [0.717, 1.165) is 20.3 Å². The summed E-state index contributed by atoms with van der Waals surface area (Å²) in [5.74, 6) is 0.871. The molecule has 0 unspecified atom stereocenters. The van der Waals surface area contributed by atoms with Gasteiger partial charge in [0.1, 0.15) is 12.4 Å². The Balaban J connectivity index is 2.07. The van der Waals surface area contributed by atoms with E-state index in [1.54, 1.807) is 0 Å². The van der Waals surface area contributed by atoms with Crippen LogP contribution in [0.2, 0.25) is 0 Å². The molecular weight excluding hydrogens is 344 g/mol. The molecule has 0 aromatic heterocycles. The Morgan fingerprint density at radius 1 is 1.06 bits per heavy atom. The Hall–Kier alpha value is -0.800. The van der Waals surface area contributed by atoms with Crippen molar-refractivity contribution in [3.8, 4) is 5.75 Å². The van der Waals surface area contributed by atoms with Crippen LogP contribution in [0.15, 0.2) is 51.4 Å². The molecule has 2 rings (SSSR count). The molecule has 0 aliphatic carbocycles. The van der Waals surface area contributed by atoms with Gasteiger partial charge in [0.25, 0.3) is 0 Å². The average Bonchev–Trinajstić information content (AvgIpc) is 2.28. The summed E-state index contributed by atoms with van der Waals surface area (Å²) in [6, 6.07) is 14.2. The molecular formula is C14H12Br2O. The lowest BCUT2D eigenvalue weighted by atomic mass is 10.2. The van der Waals surface area contributed by atoms with E-state index >= 15 is 0 Å². The zero-order valence-electron chi connectivity index (χ0n) is 9.41. The topological polar surface area (TPSA) is 9.23 Å². The van der Waals surface area contributed by atoms with Crippen molar-refractivity contribution in [3.63, 3.8) is 0 Å². The Morgan fingerprint density at radius 3 is 2.59 bits per heavy atom. The lowest BCUT2D eigenvalue weighted by molar-refractivity contribution is 0.304. The molecule has 1 nitrogen and oxygen atoms in total. The molecule has 2 aromatic rings. The van der Waals surface area contributed by atoms with Gasteiger partial charge in [0, 0.05) is 4.47 Å². The van der Waals surface area contributed by atoms with Gasteiger partial charge in [0.05, 0.1) is 4.47 Å². The minimum atomic E-state index is 0.571. The van der Waals surface area contributed by atoms with Crippen LogP contribution in [0.1, 0.15) is 11.1 Å². The predicted octanol–water partition coefficient (Wildman–Crippen LogP) is 5.10. The maximum Gasteiger partial charge on any atom is 0.134 e. The van der Waals surface area contributed by atoms with Crippen molar-refractivity contribution in [2.24, 2.45) is 0 Å². The first-order valence-electron chi connectivity index (χ1n) is 5.28. The molecule has 0 aliphatic rings. The Bertz CT molecular complexity index is 523. The van der Waals surface area contributed by atoms with Gasteiger partial charge in [0.2, 0.25) is 0 Å². The lowest BCUT2D eigenvalue weighted by Crippen LogP contribution is -1.96. The van der Waals surface area contributed by atoms with Crippen molar-refractivity contribution in [2.75, 3.05) is 0 Å². The third kappa shape index (κ3) is 3.58. The van der Waals surface area contributed by atoms with Crippen LogP contribution in [0.5, 0.6) is 5.75 Å². The zero-order chi connectivity index (χ0) is 12.3. The van der Waals surface area contributed by atoms with Gasteiger partial charge < -0.3 is 4.74 Å². The molecule has 0 aliphatic heterocycles. The average molecular weight is 356 g/mol. The molecule has 0 radical (unpaired) electrons. The summed E-state index contributed by atoms with van der Waals surface area (Å²) in [5.41, 5.74) is 2.36. The zero-order valence-corrected chi connectivity index (χ0v) is 12.6. The highest BCUT2D eigenvalue weighted by molar-refractivity contribution is 9.10. The van der Waals surface area contributed by atoms with Crippen LogP contribution < -0.4 is 4.74 Å². The van der Waals surface area contributed by atoms with Crippen LogP contribution in [0, 0.1) is 6.92 Å². The van der Waals surface area contributed by atoms with Crippen molar-refractivity contribution in [2.45, 2.75) is 13.5 Å². The summed E-state index contributed by atoms with van der Waals surface area (Å²) >= 11 is 6.95. The number of rotatable bonds is 3. The van der Waals surface area contributed by atoms with Crippen LogP contribution >= 0.6 is 31.9 Å². The molecule has 2 aromatic carbocycles. The quantitative estimate of drug-likeness (QED) is 0.744. The normalized spacial score (nSPS) is 10.3. The fraction of sp³-hybridized carbons (Fsp3) is 0.143. The van der Waals surface area contributed by atoms with Gasteiger partial charge in [-0.25, -0.2) is 0 Å². The summed E-state index contributed by atoms with van der Waals surface area (Å²) in [7, 11) is 0. The van der Waals surface area contributed by atoms with E-state index in [9.17, 15) is 0 Å². The van der Waals surface area contributed by atoms with Crippen molar-refractivity contribution < 1.29 is 4.74 Å². The van der Waals surface area contributed by atoms with Crippen LogP contribution in [-0.4, -0.2) is 0 Å². The molecule has 0 saturated carbocycles. The summed E-state index contributed by atoms with van der Waals surface area (Å²) < 4.78 is 7.83. The number of hydrogen-bond acceptors (Lipinski definition) is 1. The standard InChI is InChI=1S/C14H12Br2O/c1-10-5-6-14(13(16)7-10)17-9-11-3-2-4-12(15)8-11/h2-8H,9H2,1H3. The molecule has 0 amide bonds. The van der Waals surface area contributed by atoms with E-state index in [2.05, 4.69) is 50.9 Å². The highest BCUT2D eigenvalue weighted by atomic mass is 79.9. The van der Waals surface area contributed by atoms with Gasteiger partial charge >= 0.3 is 0 Å². The Labute approximate surface area is 118 Å². The number of ether oxygens (including phenoxy) is 1. The van der Waals surface area contributed by atoms with Crippen LogP contribution in [-0.2, 0) is 6.61 Å². The molecule has 17 heavy (non-hydrogen) atoms. The number of benzene rings is 2. The highest BCUT2D eigenvalue weighted by Crippen LogP contribution is 2.26. The highest BCUT2D eigenvalue weighted by Gasteiger charge is 2.01. The summed E-state index contributed by atoms with van der Waals surface area (Å²) in [5, 5.41) is 0. The minimum Gasteiger partial charge on any atom is -0.488 e. The van der Waals surface area contributed by atoms with E-state index in [0.29, 0.717) is 6.61 Å². The molecule has 3 heteroatoms. The van der Waals surface area contributed by atoms with E-state index in [1.165, 1.54) is 5.56 Å². The Kier molecular flexibility index (Phi) is 4.24. The van der Waals surface area contributed by atoms with Gasteiger partial charge in [-0.1, -0.05) is 34.1 Å². The monoisotopic (exact) mass is 354 g/mol. The maximum absolute atomic E-state index is 5.77. The van der Waals surface area contributed by atoms with Crippen molar-refractivity contribution in [1.29, 1.82) is 0 Å². The first kappa shape index (κ1) is 12.7. The van der Waals surface area contributed by atoms with Crippen LogP contribution in [0.25, 0.3) is 0 Å². The molecule has 88 valence electrons. The number of halogens is 2. The summed E-state index contributed by atoms with van der Waals surface area (Å²) in [4.78, 5) is 0. The van der Waals surface area contributed by atoms with E-state index in [-0.39, 0.29) is 0 Å². The number of aryl methyl sites for hydroxylation is 1. The Morgan fingerprint density at radius 2 is 1.88 bits per heavy atom. The molecule has 0 atom stereocenters. The molecule has 0 spiro atoms. The molecule has 0 saturated heterocycles. The van der Waals surface area contributed by atoms with E-state index in [4.69, 9.17) is 4.74 Å². The second-order valence-electron chi connectivity index (χ2n) is 3.85. The van der Waals surface area contributed by atoms with Crippen molar-refractivity contribution in [3.05, 3.63) is 62.5 Å².